The van der Waals surface area contributed by atoms with E-state index >= 15 is 0 Å². The summed E-state index contributed by atoms with van der Waals surface area (Å²) in [7, 11) is 7.70. The number of nitrogens with zero attached hydrogens (tertiary/aromatic N) is 2. The summed E-state index contributed by atoms with van der Waals surface area (Å²) in [5.41, 5.74) is -0.119. The number of ether oxygens (including phenoxy) is 9. The van der Waals surface area contributed by atoms with E-state index in [0.717, 1.165) is 50.5 Å². The molecule has 79 heavy (non-hydrogen) atoms. The number of benzene rings is 3. The van der Waals surface area contributed by atoms with Crippen LogP contribution in [0.3, 0.4) is 0 Å². The molecule has 2 heterocycles. The first-order valence-electron chi connectivity index (χ1n) is 27.4. The Hall–Kier alpha value is -6.86. The molecule has 2 unspecified atom stereocenters. The van der Waals surface area contributed by atoms with Crippen molar-refractivity contribution in [2.75, 3.05) is 61.9 Å². The zero-order chi connectivity index (χ0) is 57.3. The lowest BCUT2D eigenvalue weighted by Crippen LogP contribution is -2.51. The standard InChI is InChI=1S/C60H81N3O16/c1-11-44(41-34-49(72-8)55(74-10)50(35-41)73-9)56(67)62-31-18-17-24-45(62)57(68)78-46(27-25-39-26-28-47(70-6)48(32-39)71-7)40-20-19-23-43(33-40)75-37-52(64)61-36-51(77-42-21-15-13-12-14-16-22-42)60(4,5)76-38-59(2,3)58(69)79-63-53(65)29-30-54(63)66/h12-13,19-20,23,26,28,32-35,42,44-46,51H,11,14-18,21-22,24-25,27,29-31,36-38H2,1-10H3,(H,61,64)/b13-12+/t42?,44-,45-,46+,51?/m0/s1. The van der Waals surface area contributed by atoms with Gasteiger partial charge in [0, 0.05) is 25.9 Å². The van der Waals surface area contributed by atoms with E-state index in [1.807, 2.05) is 45.0 Å². The van der Waals surface area contributed by atoms with Crippen LogP contribution >= 0.6 is 0 Å². The third-order valence-corrected chi connectivity index (χ3v) is 14.7. The van der Waals surface area contributed by atoms with Crippen LogP contribution in [0, 0.1) is 5.41 Å². The van der Waals surface area contributed by atoms with Crippen molar-refractivity contribution in [1.29, 1.82) is 0 Å². The van der Waals surface area contributed by atoms with Crippen molar-refractivity contribution < 1.29 is 76.2 Å². The predicted octanol–water partition coefficient (Wildman–Crippen LogP) is 8.72. The molecule has 3 aromatic rings. The minimum Gasteiger partial charge on any atom is -0.493 e. The Morgan fingerprint density at radius 2 is 1.44 bits per heavy atom. The Kier molecular flexibility index (Phi) is 22.4. The molecule has 6 rings (SSSR count). The van der Waals surface area contributed by atoms with Crippen molar-refractivity contribution in [3.8, 4) is 34.5 Å². The fourth-order valence-electron chi connectivity index (χ4n) is 9.89. The van der Waals surface area contributed by atoms with Crippen molar-refractivity contribution in [2.24, 2.45) is 5.41 Å². The first-order valence-corrected chi connectivity index (χ1v) is 27.4. The molecule has 432 valence electrons. The molecule has 19 heteroatoms. The summed E-state index contributed by atoms with van der Waals surface area (Å²) in [4.78, 5) is 87.4. The van der Waals surface area contributed by atoms with Gasteiger partial charge in [-0.15, -0.1) is 5.06 Å². The molecule has 3 aliphatic rings. The number of nitrogens with one attached hydrogen (secondary N) is 1. The van der Waals surface area contributed by atoms with Crippen LogP contribution in [-0.4, -0.2) is 131 Å². The summed E-state index contributed by atoms with van der Waals surface area (Å²) < 4.78 is 53.6. The number of piperidine rings is 1. The third-order valence-electron chi connectivity index (χ3n) is 14.7. The molecule has 5 atom stereocenters. The van der Waals surface area contributed by atoms with E-state index in [-0.39, 0.29) is 44.6 Å². The quantitative estimate of drug-likeness (QED) is 0.0429. The van der Waals surface area contributed by atoms with E-state index in [1.54, 1.807) is 63.3 Å². The summed E-state index contributed by atoms with van der Waals surface area (Å²) >= 11 is 0. The lowest BCUT2D eigenvalue weighted by molar-refractivity contribution is -0.210. The van der Waals surface area contributed by atoms with Crippen molar-refractivity contribution in [1.82, 2.24) is 15.3 Å². The molecule has 2 aliphatic heterocycles. The maximum Gasteiger partial charge on any atom is 0.341 e. The van der Waals surface area contributed by atoms with E-state index in [1.165, 1.54) is 21.3 Å². The van der Waals surface area contributed by atoms with E-state index in [0.29, 0.717) is 82.9 Å². The molecule has 0 radical (unpaired) electrons. The summed E-state index contributed by atoms with van der Waals surface area (Å²) in [5.74, 6) is -1.01. The lowest BCUT2D eigenvalue weighted by atomic mass is 9.91. The molecule has 1 aliphatic carbocycles. The average Bonchev–Trinajstić information content (AvgIpc) is 3.81. The minimum absolute atomic E-state index is 0.0255. The molecule has 2 saturated heterocycles. The number of allylic oxidation sites excluding steroid dienone is 2. The van der Waals surface area contributed by atoms with Crippen LogP contribution in [-0.2, 0) is 54.2 Å². The number of likely N-dealkylation sites (tertiary alicyclic amines) is 1. The van der Waals surface area contributed by atoms with E-state index in [4.69, 9.17) is 47.5 Å². The van der Waals surface area contributed by atoms with Crippen LogP contribution < -0.4 is 33.7 Å². The number of amides is 4. The van der Waals surface area contributed by atoms with Gasteiger partial charge in [0.15, 0.2) is 29.6 Å². The molecule has 2 fully saturated rings. The summed E-state index contributed by atoms with van der Waals surface area (Å²) in [6, 6.07) is 15.4. The fourth-order valence-corrected chi connectivity index (χ4v) is 9.89. The van der Waals surface area contributed by atoms with Gasteiger partial charge in [0.05, 0.1) is 65.2 Å². The molecule has 19 nitrogen and oxygen atoms in total. The molecule has 0 bridgehead atoms. The van der Waals surface area contributed by atoms with Crippen LogP contribution in [0.1, 0.15) is 140 Å². The van der Waals surface area contributed by atoms with Crippen LogP contribution in [0.15, 0.2) is 66.7 Å². The van der Waals surface area contributed by atoms with Gasteiger partial charge in [0.1, 0.15) is 24.0 Å². The van der Waals surface area contributed by atoms with Crippen molar-refractivity contribution in [2.45, 2.75) is 154 Å². The number of imide groups is 1. The molecule has 0 saturated carbocycles. The molecule has 0 spiro atoms. The smallest absolute Gasteiger partial charge is 0.341 e. The summed E-state index contributed by atoms with van der Waals surface area (Å²) in [6.45, 7) is 8.67. The zero-order valence-electron chi connectivity index (χ0n) is 47.7. The number of rotatable bonds is 27. The largest absolute Gasteiger partial charge is 0.493 e. The number of esters is 1. The number of methoxy groups -OCH3 is 5. The van der Waals surface area contributed by atoms with Gasteiger partial charge in [0.2, 0.25) is 11.7 Å². The van der Waals surface area contributed by atoms with Crippen molar-refractivity contribution in [3.63, 3.8) is 0 Å². The second kappa shape index (κ2) is 28.9. The normalized spacial score (nSPS) is 18.5. The maximum atomic E-state index is 14.6. The zero-order valence-corrected chi connectivity index (χ0v) is 47.7. The van der Waals surface area contributed by atoms with E-state index in [9.17, 15) is 28.8 Å². The topological polar surface area (TPSA) is 213 Å². The van der Waals surface area contributed by atoms with Gasteiger partial charge in [-0.1, -0.05) is 37.3 Å². The number of carbonyl (C=O) groups excluding carboxylic acids is 6. The Morgan fingerprint density at radius 3 is 2.11 bits per heavy atom. The first kappa shape index (κ1) is 61.4. The molecule has 4 amide bonds. The maximum absolute atomic E-state index is 14.6. The number of aryl methyl sites for hydroxylation is 1. The first-order chi connectivity index (χ1) is 37.9. The van der Waals surface area contributed by atoms with Gasteiger partial charge in [-0.05, 0) is 151 Å². The second-order valence-corrected chi connectivity index (χ2v) is 21.2. The predicted molar refractivity (Wildman–Crippen MR) is 292 cm³/mol. The molecule has 1 N–H and O–H groups in total. The molecular formula is C60H81N3O16. The van der Waals surface area contributed by atoms with Crippen molar-refractivity contribution >= 4 is 35.6 Å². The summed E-state index contributed by atoms with van der Waals surface area (Å²) in [6.07, 6.45) is 10.1. The Labute approximate surface area is 464 Å². The highest BCUT2D eigenvalue weighted by Crippen LogP contribution is 2.42. The highest BCUT2D eigenvalue weighted by Gasteiger charge is 2.42. The van der Waals surface area contributed by atoms with Gasteiger partial charge in [0.25, 0.3) is 17.7 Å². The highest BCUT2D eigenvalue weighted by molar-refractivity contribution is 6.01. The monoisotopic (exact) mass is 1100 g/mol. The molecule has 3 aromatic carbocycles. The van der Waals surface area contributed by atoms with Gasteiger partial charge in [-0.2, -0.15) is 0 Å². The van der Waals surface area contributed by atoms with Crippen LogP contribution in [0.25, 0.3) is 0 Å². The Bertz CT molecular complexity index is 2570. The Morgan fingerprint density at radius 1 is 0.747 bits per heavy atom. The van der Waals surface area contributed by atoms with E-state index < -0.39 is 64.8 Å². The number of carbonyl (C=O) groups is 6. The van der Waals surface area contributed by atoms with Gasteiger partial charge < -0.3 is 57.7 Å². The molecular weight excluding hydrogens is 1020 g/mol. The van der Waals surface area contributed by atoms with Crippen molar-refractivity contribution in [3.05, 3.63) is 83.4 Å². The molecule has 0 aromatic heterocycles. The van der Waals surface area contributed by atoms with Gasteiger partial charge in [-0.3, -0.25) is 19.2 Å². The second-order valence-electron chi connectivity index (χ2n) is 21.2. The van der Waals surface area contributed by atoms with Crippen LogP contribution in [0.2, 0.25) is 0 Å². The number of hydroxylamine groups is 2. The summed E-state index contributed by atoms with van der Waals surface area (Å²) in [5, 5.41) is 3.49. The number of hydrogen-bond donors (Lipinski definition) is 1. The third kappa shape index (κ3) is 16.4. The SMILES string of the molecule is CC[C@H](C(=O)N1CCCC[C@H]1C(=O)O[C@H](CCc1ccc(OC)c(OC)c1)c1cccc(OCC(=O)NCC(OC2CC/C=C/CCC2)C(C)(C)OCC(C)(C)C(=O)ON2C(=O)CCC2=O)c1)c1cc(OC)c(OC)c(OC)c1. The Balaban J connectivity index is 1.17. The highest BCUT2D eigenvalue weighted by atomic mass is 16.7. The fraction of sp³-hybridized carbons (Fsp3) is 0.567. The number of hydrogen-bond acceptors (Lipinski definition) is 16. The van der Waals surface area contributed by atoms with E-state index in [2.05, 4.69) is 17.5 Å². The van der Waals surface area contributed by atoms with Gasteiger partial charge >= 0.3 is 11.9 Å². The minimum atomic E-state index is -1.26. The van der Waals surface area contributed by atoms with Gasteiger partial charge in [-0.25, -0.2) is 9.59 Å². The lowest BCUT2D eigenvalue weighted by Gasteiger charge is -2.39. The van der Waals surface area contributed by atoms with Crippen LogP contribution in [0.4, 0.5) is 0 Å². The average molecular weight is 1100 g/mol. The van der Waals surface area contributed by atoms with Crippen LogP contribution in [0.5, 0.6) is 34.5 Å².